The summed E-state index contributed by atoms with van der Waals surface area (Å²) in [6.07, 6.45) is 9.22. The number of ether oxygens (including phenoxy) is 2. The number of fused-ring (bicyclic) bond motifs is 1. The van der Waals surface area contributed by atoms with E-state index >= 15 is 0 Å². The third kappa shape index (κ3) is 5.04. The summed E-state index contributed by atoms with van der Waals surface area (Å²) >= 11 is 0. The largest absolute Gasteiger partial charge is 0.479 e. The molecule has 2 aliphatic heterocycles. The Kier molecular flexibility index (Phi) is 6.76. The quantitative estimate of drug-likeness (QED) is 0.530. The van der Waals surface area contributed by atoms with Gasteiger partial charge in [-0.2, -0.15) is 8.78 Å². The van der Waals surface area contributed by atoms with Gasteiger partial charge in [0.1, 0.15) is 11.4 Å². The lowest BCUT2D eigenvalue weighted by atomic mass is 9.87. The van der Waals surface area contributed by atoms with Crippen molar-refractivity contribution in [3.8, 4) is 17.3 Å². The molecule has 8 nitrogen and oxygen atoms in total. The minimum absolute atomic E-state index is 0.0146. The number of hydrazine groups is 1. The molecule has 5 rings (SSSR count). The fourth-order valence-electron chi connectivity index (χ4n) is 4.80. The molecule has 2 aliphatic rings. The molecule has 2 N–H and O–H groups in total. The Morgan fingerprint density at radius 1 is 1.20 bits per heavy atom. The number of nitrogens with zero attached hydrogens (tertiary/aromatic N) is 4. The first-order valence-corrected chi connectivity index (χ1v) is 11.6. The maximum absolute atomic E-state index is 12.9. The Morgan fingerprint density at radius 2 is 2.06 bits per heavy atom. The first-order chi connectivity index (χ1) is 17.0. The van der Waals surface area contributed by atoms with Gasteiger partial charge < -0.3 is 14.0 Å². The molecule has 0 spiro atoms. The molecule has 2 fully saturated rings. The van der Waals surface area contributed by atoms with Crippen molar-refractivity contribution in [3.05, 3.63) is 71.9 Å². The molecule has 0 amide bonds. The van der Waals surface area contributed by atoms with E-state index in [2.05, 4.69) is 25.7 Å². The molecule has 3 atom stereocenters. The van der Waals surface area contributed by atoms with Gasteiger partial charge in [-0.05, 0) is 50.1 Å². The number of alkyl halides is 2. The van der Waals surface area contributed by atoms with Crippen molar-refractivity contribution in [1.29, 1.82) is 0 Å². The highest BCUT2D eigenvalue weighted by Gasteiger charge is 2.39. The number of methoxy groups -OCH3 is 1. The van der Waals surface area contributed by atoms with E-state index in [-0.39, 0.29) is 24.0 Å². The van der Waals surface area contributed by atoms with Crippen molar-refractivity contribution in [3.63, 3.8) is 0 Å². The van der Waals surface area contributed by atoms with Crippen LogP contribution in [0.2, 0.25) is 0 Å². The topological polar surface area (TPSA) is 76.5 Å². The van der Waals surface area contributed by atoms with Gasteiger partial charge in [-0.1, -0.05) is 18.2 Å². The lowest BCUT2D eigenvalue weighted by molar-refractivity contribution is -0.0511. The van der Waals surface area contributed by atoms with E-state index in [9.17, 15) is 8.78 Å². The summed E-state index contributed by atoms with van der Waals surface area (Å²) in [7, 11) is 1.59. The van der Waals surface area contributed by atoms with E-state index in [0.29, 0.717) is 5.88 Å². The van der Waals surface area contributed by atoms with Gasteiger partial charge in [0.2, 0.25) is 5.88 Å². The maximum Gasteiger partial charge on any atom is 0.387 e. The van der Waals surface area contributed by atoms with Crippen molar-refractivity contribution in [2.75, 3.05) is 13.7 Å². The Hall–Kier alpha value is -3.34. The number of imidazole rings is 1. The second kappa shape index (κ2) is 10.1. The molecule has 0 bridgehead atoms. The minimum Gasteiger partial charge on any atom is -0.479 e. The van der Waals surface area contributed by atoms with Gasteiger partial charge in [-0.15, -0.1) is 0 Å². The van der Waals surface area contributed by atoms with Crippen LogP contribution < -0.4 is 20.2 Å². The van der Waals surface area contributed by atoms with Crippen LogP contribution in [0.4, 0.5) is 8.78 Å². The Morgan fingerprint density at radius 3 is 2.83 bits per heavy atom. The fraction of sp³-hybridized carbons (Fsp3) is 0.360. The number of nitrogens with one attached hydrogen (secondary N) is 2. The minimum atomic E-state index is -2.85. The van der Waals surface area contributed by atoms with E-state index in [1.165, 1.54) is 0 Å². The third-order valence-corrected chi connectivity index (χ3v) is 6.33. The normalized spacial score (nSPS) is 22.6. The van der Waals surface area contributed by atoms with Crippen molar-refractivity contribution in [2.45, 2.75) is 44.6 Å². The second-order valence-corrected chi connectivity index (χ2v) is 8.62. The number of aryl methyl sites for hydroxylation is 1. The molecule has 10 heteroatoms. The highest BCUT2D eigenvalue weighted by Crippen LogP contribution is 2.38. The van der Waals surface area contributed by atoms with Crippen LogP contribution in [0.5, 0.6) is 11.6 Å². The van der Waals surface area contributed by atoms with Gasteiger partial charge in [0.25, 0.3) is 0 Å². The van der Waals surface area contributed by atoms with E-state index < -0.39 is 6.61 Å². The van der Waals surface area contributed by atoms with Crippen LogP contribution >= 0.6 is 0 Å². The van der Waals surface area contributed by atoms with Gasteiger partial charge in [0, 0.05) is 24.2 Å². The molecule has 0 radical (unpaired) electrons. The fourth-order valence-corrected chi connectivity index (χ4v) is 4.80. The maximum atomic E-state index is 12.9. The molecule has 0 saturated carbocycles. The molecule has 1 aromatic carbocycles. The molecule has 2 unspecified atom stereocenters. The summed E-state index contributed by atoms with van der Waals surface area (Å²) < 4.78 is 38.1. The highest BCUT2D eigenvalue weighted by molar-refractivity contribution is 5.52. The average molecular weight is 483 g/mol. The molecule has 3 aromatic rings. The van der Waals surface area contributed by atoms with Gasteiger partial charge in [-0.25, -0.2) is 20.4 Å². The van der Waals surface area contributed by atoms with Crippen LogP contribution in [-0.2, 0) is 0 Å². The summed E-state index contributed by atoms with van der Waals surface area (Å²) in [6.45, 7) is -0.0611. The van der Waals surface area contributed by atoms with Crippen LogP contribution in [0.15, 0.2) is 55.0 Å². The number of para-hydroxylation sites is 1. The first-order valence-electron chi connectivity index (χ1n) is 11.6. The number of halogens is 2. The molecule has 2 aromatic heterocycles. The van der Waals surface area contributed by atoms with E-state index in [1.807, 2.05) is 54.1 Å². The zero-order chi connectivity index (χ0) is 24.4. The Balaban J connectivity index is 1.31. The third-order valence-electron chi connectivity index (χ3n) is 6.33. The van der Waals surface area contributed by atoms with Crippen LogP contribution in [0.25, 0.3) is 11.8 Å². The standard InChI is InChI=1S/C25H28F2N6O2/c1-16-14-32(15-28-16)20-11-9-17(29-24(20)34-2)10-12-22-30-23-19(7-5-13-33(23)31-22)18-6-3-4-8-21(18)35-25(26)27/h3-4,6,8-12,14-15,19,22-23,25,30-31H,5,7,13H2,1-2H3/b12-10+/t19-,22?,23?/m1/s1. The lowest BCUT2D eigenvalue weighted by Gasteiger charge is -2.36. The number of hydrogen-bond acceptors (Lipinski definition) is 7. The molecule has 4 heterocycles. The average Bonchev–Trinajstić information content (AvgIpc) is 3.48. The van der Waals surface area contributed by atoms with Crippen LogP contribution in [0, 0.1) is 6.92 Å². The molecule has 0 aliphatic carbocycles. The first kappa shape index (κ1) is 23.4. The van der Waals surface area contributed by atoms with Gasteiger partial charge in [0.15, 0.2) is 0 Å². The zero-order valence-corrected chi connectivity index (χ0v) is 19.6. The smallest absolute Gasteiger partial charge is 0.387 e. The zero-order valence-electron chi connectivity index (χ0n) is 19.6. The Bertz CT molecular complexity index is 1200. The van der Waals surface area contributed by atoms with Gasteiger partial charge in [0.05, 0.1) is 37.2 Å². The van der Waals surface area contributed by atoms with Crippen LogP contribution in [0.1, 0.15) is 35.7 Å². The highest BCUT2D eigenvalue weighted by atomic mass is 19.3. The van der Waals surface area contributed by atoms with E-state index in [4.69, 9.17) is 9.47 Å². The summed E-state index contributed by atoms with van der Waals surface area (Å²) in [6, 6.07) is 10.9. The van der Waals surface area contributed by atoms with Gasteiger partial charge in [-0.3, -0.25) is 5.32 Å². The molecule has 184 valence electrons. The van der Waals surface area contributed by atoms with Crippen molar-refractivity contribution in [1.82, 2.24) is 30.3 Å². The Labute approximate surface area is 202 Å². The molecular weight excluding hydrogens is 454 g/mol. The second-order valence-electron chi connectivity index (χ2n) is 8.62. The summed E-state index contributed by atoms with van der Waals surface area (Å²) in [4.78, 5) is 8.88. The van der Waals surface area contributed by atoms with Crippen LogP contribution in [0.3, 0.4) is 0 Å². The monoisotopic (exact) mass is 482 g/mol. The van der Waals surface area contributed by atoms with Gasteiger partial charge >= 0.3 is 6.61 Å². The predicted octanol–water partition coefficient (Wildman–Crippen LogP) is 3.84. The number of hydrogen-bond donors (Lipinski definition) is 2. The lowest BCUT2D eigenvalue weighted by Crippen LogP contribution is -2.47. The van der Waals surface area contributed by atoms with E-state index in [0.717, 1.165) is 42.0 Å². The summed E-state index contributed by atoms with van der Waals surface area (Å²) in [5.74, 6) is 0.755. The number of benzene rings is 1. The number of rotatable bonds is 7. The molecule has 35 heavy (non-hydrogen) atoms. The molecule has 2 saturated heterocycles. The van der Waals surface area contributed by atoms with Crippen molar-refractivity contribution in [2.24, 2.45) is 0 Å². The van der Waals surface area contributed by atoms with Crippen molar-refractivity contribution >= 4 is 6.08 Å². The number of piperidine rings is 1. The SMILES string of the molecule is COc1nc(/C=C/C2NC3[C@@H](c4ccccc4OC(F)F)CCCN3N2)ccc1-n1cnc(C)c1. The summed E-state index contributed by atoms with van der Waals surface area (Å²) in [5, 5.41) is 5.71. The van der Waals surface area contributed by atoms with Crippen molar-refractivity contribution < 1.29 is 18.3 Å². The van der Waals surface area contributed by atoms with E-state index in [1.54, 1.807) is 25.6 Å². The summed E-state index contributed by atoms with van der Waals surface area (Å²) in [5.41, 5.74) is 6.73. The van der Waals surface area contributed by atoms with Crippen LogP contribution in [-0.4, -0.2) is 52.1 Å². The number of aromatic nitrogens is 3. The molecular formula is C25H28F2N6O2. The number of pyridine rings is 1. The predicted molar refractivity (Wildman–Crippen MR) is 127 cm³/mol.